The molecule has 2 N–H and O–H groups in total. The van der Waals surface area contributed by atoms with Crippen LogP contribution < -0.4 is 10.6 Å². The van der Waals surface area contributed by atoms with Crippen LogP contribution >= 0.6 is 0 Å². The molecule has 2 fully saturated rings. The molecule has 1 heterocycles. The lowest BCUT2D eigenvalue weighted by atomic mass is 9.85. The summed E-state index contributed by atoms with van der Waals surface area (Å²) in [4.78, 5) is 13.4. The average molecular weight is 341 g/mol. The number of carbonyl (C=O) groups excluding carboxylic acids is 1. The zero-order valence-electron chi connectivity index (χ0n) is 13.4. The highest BCUT2D eigenvalue weighted by atomic mass is 19.4. The topological polar surface area (TPSA) is 44.4 Å². The highest BCUT2D eigenvalue weighted by molar-refractivity contribution is 5.76. The highest BCUT2D eigenvalue weighted by Gasteiger charge is 2.42. The number of para-hydroxylation sites is 1. The molecule has 24 heavy (non-hydrogen) atoms. The molecule has 1 aliphatic heterocycles. The Morgan fingerprint density at radius 2 is 2.04 bits per heavy atom. The second-order valence-electron chi connectivity index (χ2n) is 6.56. The number of hydrogen-bond acceptors (Lipinski definition) is 2. The summed E-state index contributed by atoms with van der Waals surface area (Å²) in [5.74, 6) is -1.22. The number of nitrogens with one attached hydrogen (secondary N) is 2. The minimum Gasteiger partial charge on any atom is -0.382 e. The Labute approximate surface area is 139 Å². The summed E-state index contributed by atoms with van der Waals surface area (Å²) in [6, 6.07) is 7.25. The van der Waals surface area contributed by atoms with Gasteiger partial charge in [0.25, 0.3) is 0 Å². The molecule has 2 aliphatic rings. The van der Waals surface area contributed by atoms with Gasteiger partial charge in [-0.3, -0.25) is 0 Å². The maximum Gasteiger partial charge on any atom is 0.391 e. The third-order valence-electron chi connectivity index (χ3n) is 4.82. The molecule has 1 saturated heterocycles. The zero-order valence-corrected chi connectivity index (χ0v) is 13.4. The molecular formula is C17H22F3N3O. The van der Waals surface area contributed by atoms with Gasteiger partial charge in [0.2, 0.25) is 0 Å². The molecule has 7 heteroatoms. The van der Waals surface area contributed by atoms with Gasteiger partial charge in [-0.15, -0.1) is 0 Å². The fraction of sp³-hybridized carbons (Fsp3) is 0.588. The van der Waals surface area contributed by atoms with Gasteiger partial charge >= 0.3 is 12.2 Å². The fourth-order valence-electron chi connectivity index (χ4n) is 3.50. The van der Waals surface area contributed by atoms with Crippen LogP contribution in [-0.2, 0) is 6.54 Å². The van der Waals surface area contributed by atoms with E-state index in [4.69, 9.17) is 0 Å². The van der Waals surface area contributed by atoms with Gasteiger partial charge in [-0.05, 0) is 30.9 Å². The predicted molar refractivity (Wildman–Crippen MR) is 85.7 cm³/mol. The Bertz CT molecular complexity index is 591. The summed E-state index contributed by atoms with van der Waals surface area (Å²) in [6.07, 6.45) is -2.46. The largest absolute Gasteiger partial charge is 0.391 e. The minimum absolute atomic E-state index is 0.0976. The number of carbonyl (C=O) groups is 1. The third kappa shape index (κ3) is 3.94. The normalized spacial score (nSPS) is 24.8. The van der Waals surface area contributed by atoms with Gasteiger partial charge in [-0.1, -0.05) is 24.6 Å². The lowest BCUT2D eigenvalue weighted by molar-refractivity contribution is -0.182. The van der Waals surface area contributed by atoms with Crippen LogP contribution in [0.15, 0.2) is 24.3 Å². The molecule has 3 rings (SSSR count). The van der Waals surface area contributed by atoms with Crippen molar-refractivity contribution < 1.29 is 18.0 Å². The maximum atomic E-state index is 13.0. The van der Waals surface area contributed by atoms with E-state index in [9.17, 15) is 18.0 Å². The molecule has 0 spiro atoms. The third-order valence-corrected chi connectivity index (χ3v) is 4.82. The standard InChI is InChI=1S/C17H22F3N3O/c18-17(19,20)13-5-3-6-14(10-13)22-15-7-2-1-4-12(15)11-23-9-8-21-16(23)24/h1-2,4,7,13-14,22H,3,5-6,8-11H2,(H,21,24)/t13-,14+/m1/s1. The number of rotatable bonds is 4. The number of halogens is 3. The van der Waals surface area contributed by atoms with Gasteiger partial charge in [0, 0.05) is 31.4 Å². The van der Waals surface area contributed by atoms with E-state index in [0.717, 1.165) is 17.7 Å². The summed E-state index contributed by atoms with van der Waals surface area (Å²) in [7, 11) is 0. The van der Waals surface area contributed by atoms with E-state index in [-0.39, 0.29) is 24.9 Å². The number of nitrogens with zero attached hydrogens (tertiary/aromatic N) is 1. The van der Waals surface area contributed by atoms with Crippen LogP contribution in [0.5, 0.6) is 0 Å². The molecule has 4 nitrogen and oxygen atoms in total. The molecule has 2 amide bonds. The minimum atomic E-state index is -4.12. The second kappa shape index (κ2) is 6.91. The van der Waals surface area contributed by atoms with Gasteiger partial charge < -0.3 is 15.5 Å². The van der Waals surface area contributed by atoms with Crippen LogP contribution in [-0.4, -0.2) is 36.2 Å². The lowest BCUT2D eigenvalue weighted by Gasteiger charge is -2.32. The zero-order chi connectivity index (χ0) is 17.2. The molecule has 0 bridgehead atoms. The molecule has 1 aliphatic carbocycles. The van der Waals surface area contributed by atoms with Crippen LogP contribution in [0.1, 0.15) is 31.2 Å². The first-order chi connectivity index (χ1) is 11.4. The van der Waals surface area contributed by atoms with Crippen molar-refractivity contribution in [3.8, 4) is 0 Å². The van der Waals surface area contributed by atoms with E-state index in [1.54, 1.807) is 4.90 Å². The van der Waals surface area contributed by atoms with Gasteiger partial charge in [-0.25, -0.2) is 4.79 Å². The van der Waals surface area contributed by atoms with Gasteiger partial charge in [0.1, 0.15) is 0 Å². The van der Waals surface area contributed by atoms with Crippen LogP contribution in [0.4, 0.5) is 23.7 Å². The Hall–Kier alpha value is -1.92. The van der Waals surface area contributed by atoms with E-state index in [1.807, 2.05) is 24.3 Å². The van der Waals surface area contributed by atoms with Gasteiger partial charge in [0.05, 0.1) is 5.92 Å². The highest BCUT2D eigenvalue weighted by Crippen LogP contribution is 2.38. The van der Waals surface area contributed by atoms with Gasteiger partial charge in [-0.2, -0.15) is 13.2 Å². The first-order valence-corrected chi connectivity index (χ1v) is 8.37. The summed E-state index contributed by atoms with van der Waals surface area (Å²) in [5, 5.41) is 6.04. The van der Waals surface area contributed by atoms with Crippen molar-refractivity contribution in [1.82, 2.24) is 10.2 Å². The van der Waals surface area contributed by atoms with E-state index >= 15 is 0 Å². The van der Waals surface area contributed by atoms with Crippen molar-refractivity contribution in [2.45, 2.75) is 44.4 Å². The number of anilines is 1. The number of benzene rings is 1. The number of urea groups is 1. The summed E-state index contributed by atoms with van der Waals surface area (Å²) >= 11 is 0. The maximum absolute atomic E-state index is 13.0. The van der Waals surface area contributed by atoms with Crippen molar-refractivity contribution in [2.24, 2.45) is 5.92 Å². The van der Waals surface area contributed by atoms with Crippen LogP contribution in [0, 0.1) is 5.92 Å². The Kier molecular flexibility index (Phi) is 4.87. The molecule has 0 unspecified atom stereocenters. The van der Waals surface area contributed by atoms with E-state index in [2.05, 4.69) is 10.6 Å². The first kappa shape index (κ1) is 16.9. The molecule has 1 saturated carbocycles. The monoisotopic (exact) mass is 341 g/mol. The van der Waals surface area contributed by atoms with Crippen LogP contribution in [0.3, 0.4) is 0 Å². The Balaban J connectivity index is 1.67. The van der Waals surface area contributed by atoms with Crippen molar-refractivity contribution in [3.63, 3.8) is 0 Å². The van der Waals surface area contributed by atoms with Crippen molar-refractivity contribution in [3.05, 3.63) is 29.8 Å². The number of hydrogen-bond donors (Lipinski definition) is 2. The van der Waals surface area contributed by atoms with Crippen LogP contribution in [0.25, 0.3) is 0 Å². The molecule has 1 aromatic carbocycles. The second-order valence-corrected chi connectivity index (χ2v) is 6.56. The SMILES string of the molecule is O=C1NCCN1Cc1ccccc1N[C@H]1CCC[C@@H](C(F)(F)F)C1. The van der Waals surface area contributed by atoms with Crippen molar-refractivity contribution in [2.75, 3.05) is 18.4 Å². The average Bonchev–Trinajstić information content (AvgIpc) is 2.94. The number of amides is 2. The quantitative estimate of drug-likeness (QED) is 0.876. The predicted octanol–water partition coefficient (Wildman–Crippen LogP) is 3.74. The smallest absolute Gasteiger partial charge is 0.382 e. The molecule has 0 aromatic heterocycles. The first-order valence-electron chi connectivity index (χ1n) is 8.37. The molecular weight excluding hydrogens is 319 g/mol. The lowest BCUT2D eigenvalue weighted by Crippen LogP contribution is -2.35. The summed E-state index contributed by atoms with van der Waals surface area (Å²) in [6.45, 7) is 1.74. The van der Waals surface area contributed by atoms with Crippen molar-refractivity contribution >= 4 is 11.7 Å². The molecule has 0 radical (unpaired) electrons. The Morgan fingerprint density at radius 3 is 2.75 bits per heavy atom. The van der Waals surface area contributed by atoms with Gasteiger partial charge in [0.15, 0.2) is 0 Å². The van der Waals surface area contributed by atoms with Crippen molar-refractivity contribution in [1.29, 1.82) is 0 Å². The molecule has 2 atom stereocenters. The van der Waals surface area contributed by atoms with Crippen LogP contribution in [0.2, 0.25) is 0 Å². The van der Waals surface area contributed by atoms with E-state index in [1.165, 1.54) is 0 Å². The molecule has 1 aromatic rings. The summed E-state index contributed by atoms with van der Waals surface area (Å²) in [5.41, 5.74) is 1.76. The van der Waals surface area contributed by atoms with E-state index < -0.39 is 12.1 Å². The Morgan fingerprint density at radius 1 is 1.25 bits per heavy atom. The number of alkyl halides is 3. The van der Waals surface area contributed by atoms with E-state index in [0.29, 0.717) is 26.1 Å². The summed E-state index contributed by atoms with van der Waals surface area (Å²) < 4.78 is 38.9. The fourth-order valence-corrected chi connectivity index (χ4v) is 3.50. The molecule has 132 valence electrons.